The maximum Gasteiger partial charge on any atom is 0.0414 e. The molecule has 2 heteroatoms. The number of para-hydroxylation sites is 1. The second-order valence-electron chi connectivity index (χ2n) is 4.25. The molecular formula is C15H24N2. The minimum absolute atomic E-state index is 0.434. The first-order valence-corrected chi connectivity index (χ1v) is 6.38. The summed E-state index contributed by atoms with van der Waals surface area (Å²) < 4.78 is 0. The molecule has 0 aromatic heterocycles. The molecule has 0 aliphatic heterocycles. The number of nitrogens with zero attached hydrogens (tertiary/aromatic N) is 1. The van der Waals surface area contributed by atoms with Crippen molar-refractivity contribution in [2.24, 2.45) is 0 Å². The molecule has 1 aromatic rings. The molecule has 1 rings (SSSR count). The van der Waals surface area contributed by atoms with Gasteiger partial charge in [-0.1, -0.05) is 38.1 Å². The van der Waals surface area contributed by atoms with E-state index >= 15 is 0 Å². The number of nitrogens with one attached hydrogen (secondary N) is 1. The Morgan fingerprint density at radius 2 is 2.06 bits per heavy atom. The first-order chi connectivity index (χ1) is 8.24. The number of anilines is 1. The molecule has 0 bridgehead atoms. The topological polar surface area (TPSA) is 15.3 Å². The quantitative estimate of drug-likeness (QED) is 0.725. The van der Waals surface area contributed by atoms with Gasteiger partial charge in [0.2, 0.25) is 0 Å². The normalized spacial score (nSPS) is 12.2. The predicted molar refractivity (Wildman–Crippen MR) is 76.6 cm³/mol. The van der Waals surface area contributed by atoms with E-state index in [0.717, 1.165) is 19.5 Å². The zero-order valence-electron chi connectivity index (χ0n) is 11.2. The first kappa shape index (κ1) is 13.8. The van der Waals surface area contributed by atoms with Crippen LogP contribution in [-0.4, -0.2) is 20.1 Å². The van der Waals surface area contributed by atoms with Crippen molar-refractivity contribution in [3.05, 3.63) is 42.5 Å². The maximum absolute atomic E-state index is 3.80. The SMILES string of the molecule is C=CCN(C)c1ccccc1C(CC)NCC. The summed E-state index contributed by atoms with van der Waals surface area (Å²) in [5.41, 5.74) is 2.67. The molecular weight excluding hydrogens is 208 g/mol. The van der Waals surface area contributed by atoms with Crippen molar-refractivity contribution >= 4 is 5.69 Å². The number of hydrogen-bond donors (Lipinski definition) is 1. The lowest BCUT2D eigenvalue weighted by molar-refractivity contribution is 0.537. The van der Waals surface area contributed by atoms with Gasteiger partial charge in [-0.3, -0.25) is 0 Å². The molecule has 17 heavy (non-hydrogen) atoms. The van der Waals surface area contributed by atoms with Gasteiger partial charge in [0.1, 0.15) is 0 Å². The van der Waals surface area contributed by atoms with Gasteiger partial charge in [0, 0.05) is 25.3 Å². The number of hydrogen-bond acceptors (Lipinski definition) is 2. The highest BCUT2D eigenvalue weighted by Gasteiger charge is 2.13. The Balaban J connectivity index is 3.00. The van der Waals surface area contributed by atoms with Crippen LogP contribution in [-0.2, 0) is 0 Å². The van der Waals surface area contributed by atoms with Gasteiger partial charge in [-0.25, -0.2) is 0 Å². The second-order valence-corrected chi connectivity index (χ2v) is 4.25. The van der Waals surface area contributed by atoms with Crippen molar-refractivity contribution in [1.29, 1.82) is 0 Å². The molecule has 1 aromatic carbocycles. The molecule has 1 unspecified atom stereocenters. The molecule has 1 N–H and O–H groups in total. The highest BCUT2D eigenvalue weighted by atomic mass is 15.1. The number of rotatable bonds is 7. The standard InChI is InChI=1S/C15H24N2/c1-5-12-17(4)15-11-9-8-10-13(15)14(6-2)16-7-3/h5,8-11,14,16H,1,6-7,12H2,2-4H3. The van der Waals surface area contributed by atoms with E-state index in [0.29, 0.717) is 6.04 Å². The predicted octanol–water partition coefficient (Wildman–Crippen LogP) is 3.37. The Morgan fingerprint density at radius 3 is 2.65 bits per heavy atom. The Bertz CT molecular complexity index is 347. The van der Waals surface area contributed by atoms with Crippen molar-refractivity contribution < 1.29 is 0 Å². The average Bonchev–Trinajstić information content (AvgIpc) is 2.36. The van der Waals surface area contributed by atoms with Crippen LogP contribution in [0.1, 0.15) is 31.9 Å². The molecule has 0 saturated heterocycles. The Labute approximate surface area is 105 Å². The summed E-state index contributed by atoms with van der Waals surface area (Å²) in [5, 5.41) is 3.53. The fourth-order valence-corrected chi connectivity index (χ4v) is 2.14. The third-order valence-electron chi connectivity index (χ3n) is 2.99. The fraction of sp³-hybridized carbons (Fsp3) is 0.467. The number of benzene rings is 1. The molecule has 0 saturated carbocycles. The molecule has 0 amide bonds. The van der Waals surface area contributed by atoms with E-state index in [2.05, 4.69) is 62.0 Å². The van der Waals surface area contributed by atoms with E-state index in [9.17, 15) is 0 Å². The summed E-state index contributed by atoms with van der Waals surface area (Å²) in [5.74, 6) is 0. The molecule has 0 spiro atoms. The average molecular weight is 232 g/mol. The first-order valence-electron chi connectivity index (χ1n) is 6.38. The van der Waals surface area contributed by atoms with Gasteiger partial charge in [0.15, 0.2) is 0 Å². The summed E-state index contributed by atoms with van der Waals surface area (Å²) in [6, 6.07) is 9.03. The lowest BCUT2D eigenvalue weighted by Crippen LogP contribution is -2.24. The highest BCUT2D eigenvalue weighted by molar-refractivity contribution is 5.54. The zero-order chi connectivity index (χ0) is 12.7. The largest absolute Gasteiger partial charge is 0.371 e. The molecule has 0 heterocycles. The van der Waals surface area contributed by atoms with Gasteiger partial charge in [-0.2, -0.15) is 0 Å². The van der Waals surface area contributed by atoms with Gasteiger partial charge < -0.3 is 10.2 Å². The summed E-state index contributed by atoms with van der Waals surface area (Å²) in [6.45, 7) is 10.0. The van der Waals surface area contributed by atoms with Crippen LogP contribution in [0.3, 0.4) is 0 Å². The molecule has 94 valence electrons. The Hall–Kier alpha value is -1.28. The molecule has 0 fully saturated rings. The van der Waals surface area contributed by atoms with Crippen molar-refractivity contribution in [3.8, 4) is 0 Å². The minimum Gasteiger partial charge on any atom is -0.371 e. The van der Waals surface area contributed by atoms with Crippen LogP contribution in [0.15, 0.2) is 36.9 Å². The lowest BCUT2D eigenvalue weighted by atomic mass is 10.0. The molecule has 0 aliphatic carbocycles. The van der Waals surface area contributed by atoms with Crippen LogP contribution < -0.4 is 10.2 Å². The summed E-state index contributed by atoms with van der Waals surface area (Å²) in [7, 11) is 2.11. The van der Waals surface area contributed by atoms with Crippen LogP contribution in [0.2, 0.25) is 0 Å². The summed E-state index contributed by atoms with van der Waals surface area (Å²) in [4.78, 5) is 2.24. The van der Waals surface area contributed by atoms with E-state index in [1.807, 2.05) is 6.08 Å². The van der Waals surface area contributed by atoms with E-state index in [4.69, 9.17) is 0 Å². The van der Waals surface area contributed by atoms with Gasteiger partial charge in [-0.15, -0.1) is 6.58 Å². The highest BCUT2D eigenvalue weighted by Crippen LogP contribution is 2.27. The van der Waals surface area contributed by atoms with E-state index in [1.165, 1.54) is 11.3 Å². The summed E-state index contributed by atoms with van der Waals surface area (Å²) >= 11 is 0. The third kappa shape index (κ3) is 3.60. The van der Waals surface area contributed by atoms with Crippen molar-refractivity contribution in [3.63, 3.8) is 0 Å². The van der Waals surface area contributed by atoms with Gasteiger partial charge >= 0.3 is 0 Å². The van der Waals surface area contributed by atoms with E-state index < -0.39 is 0 Å². The van der Waals surface area contributed by atoms with Crippen LogP contribution in [0, 0.1) is 0 Å². The lowest BCUT2D eigenvalue weighted by Gasteiger charge is -2.25. The van der Waals surface area contributed by atoms with E-state index in [1.54, 1.807) is 0 Å². The van der Waals surface area contributed by atoms with Crippen LogP contribution >= 0.6 is 0 Å². The monoisotopic (exact) mass is 232 g/mol. The molecule has 0 aliphatic rings. The minimum atomic E-state index is 0.434. The van der Waals surface area contributed by atoms with Gasteiger partial charge in [0.05, 0.1) is 0 Å². The van der Waals surface area contributed by atoms with Gasteiger partial charge in [-0.05, 0) is 24.6 Å². The maximum atomic E-state index is 3.80. The van der Waals surface area contributed by atoms with Crippen molar-refractivity contribution in [2.75, 3.05) is 25.0 Å². The van der Waals surface area contributed by atoms with Crippen LogP contribution in [0.5, 0.6) is 0 Å². The molecule has 2 nitrogen and oxygen atoms in total. The Kier molecular flexibility index (Phi) is 5.78. The fourth-order valence-electron chi connectivity index (χ4n) is 2.14. The molecule has 1 atom stereocenters. The zero-order valence-corrected chi connectivity index (χ0v) is 11.2. The van der Waals surface area contributed by atoms with Crippen molar-refractivity contribution in [2.45, 2.75) is 26.3 Å². The smallest absolute Gasteiger partial charge is 0.0414 e. The van der Waals surface area contributed by atoms with Crippen molar-refractivity contribution in [1.82, 2.24) is 5.32 Å². The van der Waals surface area contributed by atoms with Crippen LogP contribution in [0.25, 0.3) is 0 Å². The third-order valence-corrected chi connectivity index (χ3v) is 2.99. The van der Waals surface area contributed by atoms with Crippen LogP contribution in [0.4, 0.5) is 5.69 Å². The van der Waals surface area contributed by atoms with Gasteiger partial charge in [0.25, 0.3) is 0 Å². The molecule has 0 radical (unpaired) electrons. The second kappa shape index (κ2) is 7.13. The number of likely N-dealkylation sites (N-methyl/N-ethyl adjacent to an activating group) is 1. The van der Waals surface area contributed by atoms with E-state index in [-0.39, 0.29) is 0 Å². The summed E-state index contributed by atoms with van der Waals surface area (Å²) in [6.07, 6.45) is 3.04. The Morgan fingerprint density at radius 1 is 1.35 bits per heavy atom.